The molecule has 0 aliphatic heterocycles. The predicted octanol–water partition coefficient (Wildman–Crippen LogP) is 7.28. The molecule has 0 saturated carbocycles. The lowest BCUT2D eigenvalue weighted by molar-refractivity contribution is 0.303. The monoisotopic (exact) mass is 412 g/mol. The summed E-state index contributed by atoms with van der Waals surface area (Å²) >= 11 is 0. The molecule has 2 aromatic carbocycles. The summed E-state index contributed by atoms with van der Waals surface area (Å²) in [5.74, 6) is 0.992. The van der Waals surface area contributed by atoms with Gasteiger partial charge in [-0.3, -0.25) is 4.98 Å². The molecule has 31 heavy (non-hydrogen) atoms. The Morgan fingerprint density at radius 3 is 2.58 bits per heavy atom. The van der Waals surface area contributed by atoms with Crippen LogP contribution in [-0.4, -0.2) is 9.55 Å². The van der Waals surface area contributed by atoms with E-state index in [-0.39, 0.29) is 5.41 Å². The molecular weight excluding hydrogens is 380 g/mol. The lowest BCUT2D eigenvalue weighted by Crippen LogP contribution is -2.14. The van der Waals surface area contributed by atoms with Crippen LogP contribution in [-0.2, 0) is 19.6 Å². The topological polar surface area (TPSA) is 27.1 Å². The van der Waals surface area contributed by atoms with Crippen LogP contribution in [0.25, 0.3) is 22.2 Å². The number of aromatic nitrogens is 2. The minimum atomic E-state index is 0.241. The molecule has 0 aliphatic carbocycles. The maximum atomic E-state index is 6.36. The average Bonchev–Trinajstić information content (AvgIpc) is 3.15. The molecule has 0 unspecified atom stereocenters. The average molecular weight is 413 g/mol. The Bertz CT molecular complexity index is 1150. The number of ether oxygens (including phenoxy) is 1. The van der Waals surface area contributed by atoms with Crippen LogP contribution in [0.3, 0.4) is 0 Å². The van der Waals surface area contributed by atoms with Crippen LogP contribution in [0.5, 0.6) is 5.75 Å². The van der Waals surface area contributed by atoms with Gasteiger partial charge in [0.25, 0.3) is 0 Å². The fourth-order valence-electron chi connectivity index (χ4n) is 4.12. The van der Waals surface area contributed by atoms with E-state index >= 15 is 0 Å². The first kappa shape index (κ1) is 21.2. The molecule has 2 aromatic heterocycles. The molecule has 2 heterocycles. The van der Waals surface area contributed by atoms with Crippen molar-refractivity contribution >= 4 is 10.9 Å². The maximum Gasteiger partial charge on any atom is 0.123 e. The molecule has 0 fully saturated rings. The zero-order valence-electron chi connectivity index (χ0n) is 19.1. The Hall–Kier alpha value is -3.07. The number of hydrogen-bond acceptors (Lipinski definition) is 2. The van der Waals surface area contributed by atoms with E-state index in [1.165, 1.54) is 16.5 Å². The molecule has 0 saturated heterocycles. The summed E-state index contributed by atoms with van der Waals surface area (Å²) in [5.41, 5.74) is 6.10. The third-order valence-corrected chi connectivity index (χ3v) is 5.45. The Morgan fingerprint density at radius 1 is 0.968 bits per heavy atom. The van der Waals surface area contributed by atoms with Gasteiger partial charge in [0.2, 0.25) is 0 Å². The van der Waals surface area contributed by atoms with Crippen LogP contribution in [0.15, 0.2) is 73.1 Å². The summed E-state index contributed by atoms with van der Waals surface area (Å²) in [4.78, 5) is 4.47. The first-order chi connectivity index (χ1) is 14.9. The fourth-order valence-corrected chi connectivity index (χ4v) is 4.12. The molecule has 3 heteroatoms. The molecule has 0 amide bonds. The Labute approximate surface area is 185 Å². The summed E-state index contributed by atoms with van der Waals surface area (Å²) in [5, 5.41) is 1.31. The van der Waals surface area contributed by atoms with Crippen molar-refractivity contribution in [3.63, 3.8) is 0 Å². The predicted molar refractivity (Wildman–Crippen MR) is 129 cm³/mol. The number of pyridine rings is 1. The Morgan fingerprint density at radius 2 is 1.84 bits per heavy atom. The van der Waals surface area contributed by atoms with Crippen LogP contribution >= 0.6 is 0 Å². The fraction of sp³-hybridized carbons (Fsp3) is 0.321. The SMILES string of the molecule is CCCc1c(OCc2cccc(-c3ccccn3)c2)ccc2c1ccn2CC(C)(C)C. The number of hydrogen-bond donors (Lipinski definition) is 0. The van der Waals surface area contributed by atoms with Gasteiger partial charge in [0.1, 0.15) is 12.4 Å². The van der Waals surface area contributed by atoms with Crippen molar-refractivity contribution in [1.29, 1.82) is 0 Å². The normalized spacial score (nSPS) is 11.7. The first-order valence-corrected chi connectivity index (χ1v) is 11.2. The summed E-state index contributed by atoms with van der Waals surface area (Å²) in [7, 11) is 0. The second kappa shape index (κ2) is 8.97. The van der Waals surface area contributed by atoms with Gasteiger partial charge in [-0.15, -0.1) is 0 Å². The van der Waals surface area contributed by atoms with Crippen molar-refractivity contribution in [3.8, 4) is 17.0 Å². The minimum Gasteiger partial charge on any atom is -0.489 e. The quantitative estimate of drug-likeness (QED) is 0.319. The van der Waals surface area contributed by atoms with Crippen molar-refractivity contribution < 1.29 is 4.74 Å². The molecule has 0 N–H and O–H groups in total. The molecular formula is C28H32N2O. The zero-order valence-corrected chi connectivity index (χ0v) is 19.1. The smallest absolute Gasteiger partial charge is 0.123 e. The third kappa shape index (κ3) is 4.99. The standard InChI is InChI=1S/C28H32N2O/c1-5-9-24-23-15-17-30(20-28(2,3)4)26(23)13-14-27(24)31-19-21-10-8-11-22(18-21)25-12-6-7-16-29-25/h6-8,10-18H,5,9,19-20H2,1-4H3. The van der Waals surface area contributed by atoms with Crippen molar-refractivity contribution in [2.45, 2.75) is 53.7 Å². The summed E-state index contributed by atoms with van der Waals surface area (Å²) in [6, 6.07) is 21.1. The van der Waals surface area contributed by atoms with E-state index < -0.39 is 0 Å². The number of fused-ring (bicyclic) bond motifs is 1. The molecule has 3 nitrogen and oxygen atoms in total. The first-order valence-electron chi connectivity index (χ1n) is 11.2. The van der Waals surface area contributed by atoms with Crippen molar-refractivity contribution in [3.05, 3.63) is 84.2 Å². The number of benzene rings is 2. The molecule has 0 spiro atoms. The highest BCUT2D eigenvalue weighted by Gasteiger charge is 2.16. The Kier molecular flexibility index (Phi) is 6.13. The molecule has 0 atom stereocenters. The van der Waals surface area contributed by atoms with Crippen molar-refractivity contribution in [2.24, 2.45) is 5.41 Å². The van der Waals surface area contributed by atoms with Crippen LogP contribution in [0.1, 0.15) is 45.2 Å². The third-order valence-electron chi connectivity index (χ3n) is 5.45. The lowest BCUT2D eigenvalue weighted by atomic mass is 9.97. The lowest BCUT2D eigenvalue weighted by Gasteiger charge is -2.20. The van der Waals surface area contributed by atoms with Gasteiger partial charge < -0.3 is 9.30 Å². The number of rotatable bonds is 7. The summed E-state index contributed by atoms with van der Waals surface area (Å²) < 4.78 is 8.72. The molecule has 0 aliphatic rings. The van der Waals surface area contributed by atoms with Crippen LogP contribution < -0.4 is 4.74 Å². The van der Waals surface area contributed by atoms with Gasteiger partial charge in [0.15, 0.2) is 0 Å². The second-order valence-electron chi connectivity index (χ2n) is 9.43. The highest BCUT2D eigenvalue weighted by Crippen LogP contribution is 2.32. The van der Waals surface area contributed by atoms with Gasteiger partial charge in [0.05, 0.1) is 5.69 Å². The summed E-state index contributed by atoms with van der Waals surface area (Å²) in [6.07, 6.45) is 6.15. The Balaban J connectivity index is 1.59. The van der Waals surface area contributed by atoms with Crippen LogP contribution in [0, 0.1) is 5.41 Å². The van der Waals surface area contributed by atoms with Crippen LogP contribution in [0.4, 0.5) is 0 Å². The summed E-state index contributed by atoms with van der Waals surface area (Å²) in [6.45, 7) is 10.6. The van der Waals surface area contributed by atoms with E-state index in [9.17, 15) is 0 Å². The van der Waals surface area contributed by atoms with Gasteiger partial charge >= 0.3 is 0 Å². The molecule has 4 aromatic rings. The molecule has 4 rings (SSSR count). The second-order valence-corrected chi connectivity index (χ2v) is 9.43. The van der Waals surface area contributed by atoms with Crippen molar-refractivity contribution in [2.75, 3.05) is 0 Å². The largest absolute Gasteiger partial charge is 0.489 e. The zero-order chi connectivity index (χ0) is 21.8. The highest BCUT2D eigenvalue weighted by atomic mass is 16.5. The van der Waals surface area contributed by atoms with E-state index in [2.05, 4.69) is 85.9 Å². The minimum absolute atomic E-state index is 0.241. The van der Waals surface area contributed by atoms with Gasteiger partial charge in [-0.25, -0.2) is 0 Å². The number of nitrogens with zero attached hydrogens (tertiary/aromatic N) is 2. The van der Waals surface area contributed by atoms with Gasteiger partial charge in [-0.1, -0.05) is 58.4 Å². The molecule has 0 bridgehead atoms. The molecule has 0 radical (unpaired) electrons. The highest BCUT2D eigenvalue weighted by molar-refractivity contribution is 5.86. The van der Waals surface area contributed by atoms with Gasteiger partial charge in [-0.05, 0) is 53.8 Å². The van der Waals surface area contributed by atoms with E-state index in [1.807, 2.05) is 24.4 Å². The van der Waals surface area contributed by atoms with E-state index in [0.717, 1.165) is 42.0 Å². The van der Waals surface area contributed by atoms with Gasteiger partial charge in [0, 0.05) is 41.0 Å². The van der Waals surface area contributed by atoms with Gasteiger partial charge in [-0.2, -0.15) is 0 Å². The van der Waals surface area contributed by atoms with E-state index in [1.54, 1.807) is 0 Å². The van der Waals surface area contributed by atoms with E-state index in [4.69, 9.17) is 4.74 Å². The van der Waals surface area contributed by atoms with Crippen LogP contribution in [0.2, 0.25) is 0 Å². The maximum absolute atomic E-state index is 6.36. The number of aryl methyl sites for hydroxylation is 1. The molecule has 160 valence electrons. The van der Waals surface area contributed by atoms with Crippen molar-refractivity contribution in [1.82, 2.24) is 9.55 Å². The van der Waals surface area contributed by atoms with E-state index in [0.29, 0.717) is 6.61 Å².